The van der Waals surface area contributed by atoms with E-state index in [1.807, 2.05) is 27.7 Å². The number of allylic oxidation sites excluding steroid dienone is 1. The summed E-state index contributed by atoms with van der Waals surface area (Å²) >= 11 is 0. The molecule has 4 heterocycles. The summed E-state index contributed by atoms with van der Waals surface area (Å²) in [6.45, 7) is 9.91. The van der Waals surface area contributed by atoms with Crippen molar-refractivity contribution in [1.82, 2.24) is 24.9 Å². The zero-order valence-corrected chi connectivity index (χ0v) is 19.7. The van der Waals surface area contributed by atoms with Gasteiger partial charge in [-0.25, -0.2) is 14.5 Å². The lowest BCUT2D eigenvalue weighted by Crippen LogP contribution is -2.29. The molecule has 1 aliphatic heterocycles. The lowest BCUT2D eigenvalue weighted by Gasteiger charge is -2.18. The highest BCUT2D eigenvalue weighted by Crippen LogP contribution is 2.26. The Balaban J connectivity index is 0.000000914. The molecule has 1 fully saturated rings. The summed E-state index contributed by atoms with van der Waals surface area (Å²) in [4.78, 5) is 13.1. The first kappa shape index (κ1) is 25.8. The van der Waals surface area contributed by atoms with Crippen LogP contribution < -0.4 is 11.1 Å². The second-order valence-corrected chi connectivity index (χ2v) is 6.76. The standard InChI is InChI=1S/C20H21FN8.2C2H6/c21-18-2-1-13(9-26-18)19-20-15(8-23)11-27-29(20)12-17(28-19)14(7-22)10-25-16-3-5-24-6-4-16;2*1-2/h1-2,7-12,16,23-24H,3-6,22H2;2*1-2H3/b14-7+,23-8?,25-10?;;. The molecular formula is C24H33FN8. The number of pyridine rings is 1. The Morgan fingerprint density at radius 1 is 1.21 bits per heavy atom. The summed E-state index contributed by atoms with van der Waals surface area (Å²) in [5.74, 6) is -0.571. The van der Waals surface area contributed by atoms with E-state index in [9.17, 15) is 4.39 Å². The molecule has 176 valence electrons. The number of halogens is 1. The number of nitrogens with two attached hydrogens (primary N) is 1. The predicted octanol–water partition coefficient (Wildman–Crippen LogP) is 4.10. The van der Waals surface area contributed by atoms with Crippen molar-refractivity contribution in [1.29, 1.82) is 5.41 Å². The zero-order chi connectivity index (χ0) is 24.2. The molecule has 3 aromatic rings. The average Bonchev–Trinajstić information content (AvgIpc) is 3.31. The fraction of sp³-hybridized carbons (Fsp3) is 0.375. The SMILES string of the molecule is CC.CC.N=Cc1cnn2cc(/C(C=NC3CCNCC3)=C/N)nc(-c3ccc(F)nc3)c12. The molecule has 0 aromatic carbocycles. The molecule has 4 N–H and O–H groups in total. The Morgan fingerprint density at radius 2 is 1.94 bits per heavy atom. The Kier molecular flexibility index (Phi) is 10.3. The topological polar surface area (TPSA) is 117 Å². The fourth-order valence-electron chi connectivity index (χ4n) is 3.33. The van der Waals surface area contributed by atoms with E-state index in [4.69, 9.17) is 16.1 Å². The molecule has 0 bridgehead atoms. The maximum Gasteiger partial charge on any atom is 0.212 e. The molecule has 0 saturated carbocycles. The number of rotatable bonds is 5. The van der Waals surface area contributed by atoms with E-state index in [0.29, 0.717) is 33.6 Å². The van der Waals surface area contributed by atoms with Crippen molar-refractivity contribution in [2.75, 3.05) is 13.1 Å². The first-order chi connectivity index (χ1) is 16.2. The summed E-state index contributed by atoms with van der Waals surface area (Å²) in [5, 5.41) is 15.3. The van der Waals surface area contributed by atoms with Crippen LogP contribution >= 0.6 is 0 Å². The van der Waals surface area contributed by atoms with Gasteiger partial charge in [-0.15, -0.1) is 0 Å². The molecule has 0 amide bonds. The molecule has 0 radical (unpaired) electrons. The summed E-state index contributed by atoms with van der Waals surface area (Å²) in [7, 11) is 0. The molecule has 1 aliphatic rings. The van der Waals surface area contributed by atoms with Crippen LogP contribution in [0.4, 0.5) is 4.39 Å². The second kappa shape index (κ2) is 13.2. The second-order valence-electron chi connectivity index (χ2n) is 6.76. The number of nitrogens with one attached hydrogen (secondary N) is 2. The van der Waals surface area contributed by atoms with E-state index in [1.165, 1.54) is 24.7 Å². The number of hydrogen-bond acceptors (Lipinski definition) is 7. The molecule has 8 nitrogen and oxygen atoms in total. The van der Waals surface area contributed by atoms with Gasteiger partial charge >= 0.3 is 0 Å². The van der Waals surface area contributed by atoms with Gasteiger partial charge in [0.25, 0.3) is 0 Å². The van der Waals surface area contributed by atoms with Crippen LogP contribution in [0.15, 0.2) is 41.9 Å². The van der Waals surface area contributed by atoms with E-state index < -0.39 is 5.95 Å². The normalized spacial score (nSPS) is 14.4. The molecule has 1 saturated heterocycles. The zero-order valence-electron chi connectivity index (χ0n) is 19.7. The van der Waals surface area contributed by atoms with Crippen molar-refractivity contribution in [3.05, 3.63) is 54.1 Å². The van der Waals surface area contributed by atoms with Crippen LogP contribution in [0.1, 0.15) is 51.8 Å². The summed E-state index contributed by atoms with van der Waals surface area (Å²) in [5.41, 5.74) is 9.52. The summed E-state index contributed by atoms with van der Waals surface area (Å²) < 4.78 is 15.0. The quantitative estimate of drug-likeness (QED) is 0.398. The predicted molar refractivity (Wildman–Crippen MR) is 133 cm³/mol. The lowest BCUT2D eigenvalue weighted by atomic mass is 10.1. The van der Waals surface area contributed by atoms with Crippen molar-refractivity contribution in [2.45, 2.75) is 46.6 Å². The Morgan fingerprint density at radius 3 is 2.55 bits per heavy atom. The van der Waals surface area contributed by atoms with Crippen molar-refractivity contribution in [3.63, 3.8) is 0 Å². The molecule has 9 heteroatoms. The largest absolute Gasteiger partial charge is 0.404 e. The molecule has 33 heavy (non-hydrogen) atoms. The van der Waals surface area contributed by atoms with Gasteiger partial charge in [-0.3, -0.25) is 4.99 Å². The van der Waals surface area contributed by atoms with E-state index in [2.05, 4.69) is 20.4 Å². The van der Waals surface area contributed by atoms with Gasteiger partial charge in [-0.1, -0.05) is 27.7 Å². The van der Waals surface area contributed by atoms with Gasteiger partial charge in [0.1, 0.15) is 5.52 Å². The molecule has 4 rings (SSSR count). The van der Waals surface area contributed by atoms with Gasteiger partial charge in [0.15, 0.2) is 0 Å². The number of nitrogens with zero attached hydrogens (tertiary/aromatic N) is 5. The third-order valence-electron chi connectivity index (χ3n) is 4.89. The Hall–Kier alpha value is -3.46. The Labute approximate surface area is 194 Å². The van der Waals surface area contributed by atoms with Crippen molar-refractivity contribution >= 4 is 23.5 Å². The van der Waals surface area contributed by atoms with Gasteiger partial charge in [0.2, 0.25) is 5.95 Å². The highest BCUT2D eigenvalue weighted by Gasteiger charge is 2.16. The first-order valence-corrected chi connectivity index (χ1v) is 11.4. The van der Waals surface area contributed by atoms with E-state index in [0.717, 1.165) is 25.9 Å². The highest BCUT2D eigenvalue weighted by atomic mass is 19.1. The molecule has 0 atom stereocenters. The molecular weight excluding hydrogens is 419 g/mol. The molecule has 0 spiro atoms. The summed E-state index contributed by atoms with van der Waals surface area (Å²) in [6.07, 6.45) is 11.1. The Bertz CT molecular complexity index is 1080. The monoisotopic (exact) mass is 452 g/mol. The van der Waals surface area contributed by atoms with Gasteiger partial charge < -0.3 is 16.5 Å². The number of fused-ring (bicyclic) bond motifs is 1. The molecule has 0 unspecified atom stereocenters. The van der Waals surface area contributed by atoms with Crippen molar-refractivity contribution < 1.29 is 4.39 Å². The van der Waals surface area contributed by atoms with Crippen LogP contribution in [0.25, 0.3) is 22.3 Å². The van der Waals surface area contributed by atoms with Crippen LogP contribution in [0.2, 0.25) is 0 Å². The smallest absolute Gasteiger partial charge is 0.212 e. The van der Waals surface area contributed by atoms with Gasteiger partial charge in [-0.05, 0) is 38.1 Å². The fourth-order valence-corrected chi connectivity index (χ4v) is 3.33. The summed E-state index contributed by atoms with van der Waals surface area (Å²) in [6, 6.07) is 3.13. The minimum Gasteiger partial charge on any atom is -0.404 e. The molecule has 0 aliphatic carbocycles. The number of piperidine rings is 1. The van der Waals surface area contributed by atoms with Crippen LogP contribution in [-0.4, -0.2) is 51.1 Å². The van der Waals surface area contributed by atoms with Crippen LogP contribution in [0.3, 0.4) is 0 Å². The maximum absolute atomic E-state index is 13.3. The highest BCUT2D eigenvalue weighted by molar-refractivity contribution is 6.09. The number of hydrogen-bond donors (Lipinski definition) is 3. The third-order valence-corrected chi connectivity index (χ3v) is 4.89. The molecule has 3 aromatic heterocycles. The first-order valence-electron chi connectivity index (χ1n) is 11.4. The van der Waals surface area contributed by atoms with Gasteiger partial charge in [0, 0.05) is 41.5 Å². The van der Waals surface area contributed by atoms with Crippen LogP contribution in [0.5, 0.6) is 0 Å². The minimum absolute atomic E-state index is 0.255. The van der Waals surface area contributed by atoms with Crippen LogP contribution in [0, 0.1) is 11.4 Å². The van der Waals surface area contributed by atoms with Crippen molar-refractivity contribution in [2.24, 2.45) is 10.7 Å². The minimum atomic E-state index is -0.571. The van der Waals surface area contributed by atoms with Crippen LogP contribution in [-0.2, 0) is 0 Å². The third kappa shape index (κ3) is 6.29. The van der Waals surface area contributed by atoms with Gasteiger partial charge in [0.05, 0.1) is 29.8 Å². The van der Waals surface area contributed by atoms with Gasteiger partial charge in [-0.2, -0.15) is 9.49 Å². The van der Waals surface area contributed by atoms with E-state index in [1.54, 1.807) is 29.2 Å². The average molecular weight is 453 g/mol. The lowest BCUT2D eigenvalue weighted by molar-refractivity contribution is 0.461. The number of aliphatic imine (C=N–C) groups is 1. The number of aromatic nitrogens is 4. The van der Waals surface area contributed by atoms with E-state index in [-0.39, 0.29) is 6.04 Å². The van der Waals surface area contributed by atoms with E-state index >= 15 is 0 Å². The maximum atomic E-state index is 13.3. The van der Waals surface area contributed by atoms with Crippen molar-refractivity contribution in [3.8, 4) is 11.3 Å².